The second kappa shape index (κ2) is 6.18. The molecule has 2 aromatic rings. The first-order valence-corrected chi connectivity index (χ1v) is 6.57. The molecule has 0 aliphatic heterocycles. The molecular weight excluding hydrogens is 258 g/mol. The van der Waals surface area contributed by atoms with Gasteiger partial charge in [-0.05, 0) is 18.6 Å². The monoisotopic (exact) mass is 275 g/mol. The summed E-state index contributed by atoms with van der Waals surface area (Å²) in [7, 11) is 0. The third-order valence-corrected chi connectivity index (χ3v) is 3.12. The highest BCUT2D eigenvalue weighted by Gasteiger charge is 2.20. The molecule has 0 fully saturated rings. The molecule has 1 atom stereocenters. The highest BCUT2D eigenvalue weighted by molar-refractivity contribution is 5.96. The maximum Gasteiger partial charge on any atom is 0.326 e. The van der Waals surface area contributed by atoms with Crippen LogP contribution in [0.1, 0.15) is 36.5 Å². The van der Waals surface area contributed by atoms with E-state index < -0.39 is 12.0 Å². The van der Waals surface area contributed by atoms with Gasteiger partial charge in [0.2, 0.25) is 0 Å². The number of amides is 1. The van der Waals surface area contributed by atoms with Crippen LogP contribution in [0.3, 0.4) is 0 Å². The zero-order chi connectivity index (χ0) is 14.5. The van der Waals surface area contributed by atoms with Crippen LogP contribution in [0.2, 0.25) is 0 Å². The third kappa shape index (κ3) is 3.14. The Bertz CT molecular complexity index is 621. The Morgan fingerprint density at radius 1 is 1.45 bits per heavy atom. The van der Waals surface area contributed by atoms with E-state index in [9.17, 15) is 9.59 Å². The fourth-order valence-corrected chi connectivity index (χ4v) is 1.96. The summed E-state index contributed by atoms with van der Waals surface area (Å²) < 4.78 is 1.72. The van der Waals surface area contributed by atoms with Gasteiger partial charge in [-0.15, -0.1) is 0 Å². The predicted octanol–water partition coefficient (Wildman–Crippen LogP) is 1.71. The van der Waals surface area contributed by atoms with Crippen LogP contribution in [0.4, 0.5) is 0 Å². The first kappa shape index (κ1) is 14.0. The maximum atomic E-state index is 12.1. The summed E-state index contributed by atoms with van der Waals surface area (Å²) in [6, 6.07) is 2.58. The van der Waals surface area contributed by atoms with Crippen molar-refractivity contribution >= 4 is 17.4 Å². The summed E-state index contributed by atoms with van der Waals surface area (Å²) in [5.41, 5.74) is 1.29. The highest BCUT2D eigenvalue weighted by Crippen LogP contribution is 2.07. The number of aromatic nitrogens is 2. The average Bonchev–Trinajstić information content (AvgIpc) is 2.90. The Morgan fingerprint density at radius 2 is 2.25 bits per heavy atom. The molecule has 2 heterocycles. The van der Waals surface area contributed by atoms with E-state index in [2.05, 4.69) is 10.3 Å². The van der Waals surface area contributed by atoms with Crippen LogP contribution in [0.25, 0.3) is 5.52 Å². The minimum atomic E-state index is -1.00. The molecule has 2 N–H and O–H groups in total. The number of nitrogens with one attached hydrogen (secondary N) is 1. The van der Waals surface area contributed by atoms with Gasteiger partial charge in [-0.3, -0.25) is 4.79 Å². The lowest BCUT2D eigenvalue weighted by atomic mass is 10.1. The third-order valence-electron chi connectivity index (χ3n) is 3.12. The number of imidazole rings is 1. The molecule has 20 heavy (non-hydrogen) atoms. The molecule has 0 aliphatic carbocycles. The van der Waals surface area contributed by atoms with Gasteiger partial charge in [0, 0.05) is 6.20 Å². The van der Waals surface area contributed by atoms with Crippen molar-refractivity contribution in [1.29, 1.82) is 0 Å². The van der Waals surface area contributed by atoms with Crippen LogP contribution in [-0.4, -0.2) is 32.4 Å². The topological polar surface area (TPSA) is 83.7 Å². The SMILES string of the molecule is CCCCC(NC(=O)c1ccc2cncn2c1)C(=O)O. The zero-order valence-electron chi connectivity index (χ0n) is 11.2. The zero-order valence-corrected chi connectivity index (χ0v) is 11.2. The Kier molecular flexibility index (Phi) is 4.34. The number of fused-ring (bicyclic) bond motifs is 1. The first-order chi connectivity index (χ1) is 9.61. The van der Waals surface area contributed by atoms with E-state index in [1.165, 1.54) is 0 Å². The fourth-order valence-electron chi connectivity index (χ4n) is 1.96. The van der Waals surface area contributed by atoms with Crippen molar-refractivity contribution in [2.24, 2.45) is 0 Å². The molecular formula is C14H17N3O3. The van der Waals surface area contributed by atoms with Crippen molar-refractivity contribution in [2.45, 2.75) is 32.2 Å². The molecule has 1 unspecified atom stereocenters. The minimum Gasteiger partial charge on any atom is -0.480 e. The number of rotatable bonds is 6. The predicted molar refractivity (Wildman–Crippen MR) is 73.6 cm³/mol. The number of nitrogens with zero attached hydrogens (tertiary/aromatic N) is 2. The molecule has 0 bridgehead atoms. The van der Waals surface area contributed by atoms with Gasteiger partial charge in [-0.2, -0.15) is 0 Å². The molecule has 6 nitrogen and oxygen atoms in total. The number of hydrogen-bond donors (Lipinski definition) is 2. The van der Waals surface area contributed by atoms with Crippen molar-refractivity contribution in [3.8, 4) is 0 Å². The molecule has 1 amide bonds. The van der Waals surface area contributed by atoms with Crippen molar-refractivity contribution in [1.82, 2.24) is 14.7 Å². The summed E-state index contributed by atoms with van der Waals surface area (Å²) >= 11 is 0. The quantitative estimate of drug-likeness (QED) is 0.840. The Balaban J connectivity index is 2.10. The van der Waals surface area contributed by atoms with E-state index >= 15 is 0 Å². The molecule has 0 saturated heterocycles. The molecule has 0 aliphatic rings. The number of unbranched alkanes of at least 4 members (excludes halogenated alkanes) is 1. The number of carbonyl (C=O) groups is 2. The minimum absolute atomic E-state index is 0.385. The number of carboxylic acids is 1. The second-order valence-corrected chi connectivity index (χ2v) is 4.65. The van der Waals surface area contributed by atoms with Crippen molar-refractivity contribution in [2.75, 3.05) is 0 Å². The molecule has 0 aromatic carbocycles. The van der Waals surface area contributed by atoms with Crippen molar-refractivity contribution in [3.05, 3.63) is 36.4 Å². The van der Waals surface area contributed by atoms with Gasteiger partial charge < -0.3 is 14.8 Å². The average molecular weight is 275 g/mol. The van der Waals surface area contributed by atoms with E-state index in [1.807, 2.05) is 6.92 Å². The number of carbonyl (C=O) groups excluding carboxylic acids is 1. The highest BCUT2D eigenvalue weighted by atomic mass is 16.4. The summed E-state index contributed by atoms with van der Waals surface area (Å²) in [6.45, 7) is 1.98. The van der Waals surface area contributed by atoms with Crippen LogP contribution in [0, 0.1) is 0 Å². The molecule has 2 aromatic heterocycles. The number of aliphatic carboxylic acids is 1. The molecule has 0 saturated carbocycles. The van der Waals surface area contributed by atoms with Gasteiger partial charge in [0.1, 0.15) is 6.04 Å². The van der Waals surface area contributed by atoms with Gasteiger partial charge in [0.15, 0.2) is 0 Å². The lowest BCUT2D eigenvalue weighted by Crippen LogP contribution is -2.40. The Labute approximate surface area is 116 Å². The lowest BCUT2D eigenvalue weighted by Gasteiger charge is -2.14. The standard InChI is InChI=1S/C14H17N3O3/c1-2-3-4-12(14(19)20)16-13(18)10-5-6-11-7-15-9-17(11)8-10/h5-9,12H,2-4H2,1H3,(H,16,18)(H,19,20). The maximum absolute atomic E-state index is 12.1. The van der Waals surface area contributed by atoms with Crippen molar-refractivity contribution < 1.29 is 14.7 Å². The van der Waals surface area contributed by atoms with E-state index in [-0.39, 0.29) is 5.91 Å². The number of pyridine rings is 1. The molecule has 0 spiro atoms. The molecule has 0 radical (unpaired) electrons. The summed E-state index contributed by atoms with van der Waals surface area (Å²) in [6.07, 6.45) is 7.00. The van der Waals surface area contributed by atoms with E-state index in [4.69, 9.17) is 5.11 Å². The van der Waals surface area contributed by atoms with Crippen LogP contribution >= 0.6 is 0 Å². The first-order valence-electron chi connectivity index (χ1n) is 6.57. The largest absolute Gasteiger partial charge is 0.480 e. The van der Waals surface area contributed by atoms with Gasteiger partial charge in [0.25, 0.3) is 5.91 Å². The molecule has 6 heteroatoms. The summed E-state index contributed by atoms with van der Waals surface area (Å²) in [5.74, 6) is -1.39. The Morgan fingerprint density at radius 3 is 2.95 bits per heavy atom. The normalized spacial score (nSPS) is 12.2. The number of hydrogen-bond acceptors (Lipinski definition) is 3. The second-order valence-electron chi connectivity index (χ2n) is 4.65. The van der Waals surface area contributed by atoms with Crippen LogP contribution in [0.5, 0.6) is 0 Å². The van der Waals surface area contributed by atoms with E-state index in [0.717, 1.165) is 18.4 Å². The summed E-state index contributed by atoms with van der Waals surface area (Å²) in [4.78, 5) is 27.2. The van der Waals surface area contributed by atoms with Crippen molar-refractivity contribution in [3.63, 3.8) is 0 Å². The van der Waals surface area contributed by atoms with E-state index in [1.54, 1.807) is 35.3 Å². The van der Waals surface area contributed by atoms with Crippen LogP contribution < -0.4 is 5.32 Å². The van der Waals surface area contributed by atoms with Crippen LogP contribution in [0.15, 0.2) is 30.9 Å². The molecule has 2 rings (SSSR count). The number of carboxylic acid groups (broad SMARTS) is 1. The smallest absolute Gasteiger partial charge is 0.326 e. The lowest BCUT2D eigenvalue weighted by molar-refractivity contribution is -0.139. The van der Waals surface area contributed by atoms with Gasteiger partial charge in [0.05, 0.1) is 23.6 Å². The fraction of sp³-hybridized carbons (Fsp3) is 0.357. The van der Waals surface area contributed by atoms with E-state index in [0.29, 0.717) is 12.0 Å². The van der Waals surface area contributed by atoms with Gasteiger partial charge in [-0.1, -0.05) is 19.8 Å². The summed E-state index contributed by atoms with van der Waals surface area (Å²) in [5, 5.41) is 11.7. The van der Waals surface area contributed by atoms with Gasteiger partial charge >= 0.3 is 5.97 Å². The Hall–Kier alpha value is -2.37. The van der Waals surface area contributed by atoms with Crippen LogP contribution in [-0.2, 0) is 4.79 Å². The molecule has 106 valence electrons. The van der Waals surface area contributed by atoms with Gasteiger partial charge in [-0.25, -0.2) is 9.78 Å².